The van der Waals surface area contributed by atoms with E-state index in [-0.39, 0.29) is 18.1 Å². The van der Waals surface area contributed by atoms with Crippen molar-refractivity contribution < 1.29 is 9.90 Å². The third kappa shape index (κ3) is 5.02. The summed E-state index contributed by atoms with van der Waals surface area (Å²) < 4.78 is 0. The molecule has 0 fully saturated rings. The second-order valence-corrected chi connectivity index (χ2v) is 3.97. The zero-order valence-electron chi connectivity index (χ0n) is 10.1. The monoisotopic (exact) mass is 216 g/mol. The van der Waals surface area contributed by atoms with Crippen molar-refractivity contribution in [2.45, 2.75) is 40.0 Å². The highest BCUT2D eigenvalue weighted by atomic mass is 16.3. The van der Waals surface area contributed by atoms with Crippen LogP contribution in [0.25, 0.3) is 0 Å². The molecule has 0 unspecified atom stereocenters. The van der Waals surface area contributed by atoms with Crippen molar-refractivity contribution in [1.29, 1.82) is 0 Å². The van der Waals surface area contributed by atoms with Gasteiger partial charge in [0.2, 0.25) is 0 Å². The molecular weight excluding hydrogens is 192 g/mol. The maximum atomic E-state index is 11.3. The topological polar surface area (TPSA) is 61.4 Å². The molecule has 0 saturated heterocycles. The standard InChI is InChI=1S/C11H24N2O2/c1-4-7-12-10(15)13-8-11(5-2,6-3)9-14/h14H,4-9H2,1-3H3,(H2,12,13,15). The molecule has 0 atom stereocenters. The first-order valence-corrected chi connectivity index (χ1v) is 5.76. The van der Waals surface area contributed by atoms with Gasteiger partial charge in [-0.15, -0.1) is 0 Å². The van der Waals surface area contributed by atoms with E-state index in [0.717, 1.165) is 19.3 Å². The highest BCUT2D eigenvalue weighted by Crippen LogP contribution is 2.24. The van der Waals surface area contributed by atoms with E-state index < -0.39 is 0 Å². The van der Waals surface area contributed by atoms with E-state index in [1.165, 1.54) is 0 Å². The fourth-order valence-electron chi connectivity index (χ4n) is 1.35. The molecule has 4 nitrogen and oxygen atoms in total. The molecule has 0 aromatic heterocycles. The van der Waals surface area contributed by atoms with Crippen LogP contribution in [0.5, 0.6) is 0 Å². The Kier molecular flexibility index (Phi) is 7.13. The van der Waals surface area contributed by atoms with Gasteiger partial charge in [0, 0.05) is 18.5 Å². The molecule has 0 aliphatic rings. The van der Waals surface area contributed by atoms with Crippen molar-refractivity contribution in [2.75, 3.05) is 19.7 Å². The van der Waals surface area contributed by atoms with Gasteiger partial charge in [0.25, 0.3) is 0 Å². The highest BCUT2D eigenvalue weighted by Gasteiger charge is 2.25. The maximum absolute atomic E-state index is 11.3. The molecule has 0 radical (unpaired) electrons. The Morgan fingerprint density at radius 2 is 1.80 bits per heavy atom. The lowest BCUT2D eigenvalue weighted by Crippen LogP contribution is -2.44. The summed E-state index contributed by atoms with van der Waals surface area (Å²) in [6, 6.07) is -0.142. The number of carbonyl (C=O) groups excluding carboxylic acids is 1. The van der Waals surface area contributed by atoms with Gasteiger partial charge < -0.3 is 15.7 Å². The van der Waals surface area contributed by atoms with E-state index in [1.54, 1.807) is 0 Å². The molecule has 0 aliphatic heterocycles. The normalized spacial score (nSPS) is 11.2. The van der Waals surface area contributed by atoms with Gasteiger partial charge in [0.05, 0.1) is 6.61 Å². The lowest BCUT2D eigenvalue weighted by atomic mass is 9.83. The van der Waals surface area contributed by atoms with Crippen LogP contribution in [0.15, 0.2) is 0 Å². The predicted octanol–water partition coefficient (Wildman–Crippen LogP) is 1.49. The molecule has 0 saturated carbocycles. The van der Waals surface area contributed by atoms with Crippen molar-refractivity contribution in [2.24, 2.45) is 5.41 Å². The number of urea groups is 1. The van der Waals surface area contributed by atoms with E-state index in [9.17, 15) is 9.90 Å². The van der Waals surface area contributed by atoms with Crippen molar-refractivity contribution in [3.05, 3.63) is 0 Å². The van der Waals surface area contributed by atoms with E-state index in [1.807, 2.05) is 20.8 Å². The Morgan fingerprint density at radius 3 is 2.20 bits per heavy atom. The van der Waals surface area contributed by atoms with E-state index in [0.29, 0.717) is 13.1 Å². The molecule has 3 N–H and O–H groups in total. The molecule has 15 heavy (non-hydrogen) atoms. The summed E-state index contributed by atoms with van der Waals surface area (Å²) in [5, 5.41) is 14.8. The van der Waals surface area contributed by atoms with E-state index >= 15 is 0 Å². The third-order valence-electron chi connectivity index (χ3n) is 2.99. The minimum Gasteiger partial charge on any atom is -0.396 e. The summed E-state index contributed by atoms with van der Waals surface area (Å²) >= 11 is 0. The highest BCUT2D eigenvalue weighted by molar-refractivity contribution is 5.73. The second kappa shape index (κ2) is 7.51. The Bertz CT molecular complexity index is 171. The number of hydrogen-bond acceptors (Lipinski definition) is 2. The maximum Gasteiger partial charge on any atom is 0.314 e. The minimum atomic E-state index is -0.163. The van der Waals surface area contributed by atoms with Crippen molar-refractivity contribution >= 4 is 6.03 Å². The molecule has 0 aromatic rings. The number of amides is 2. The van der Waals surface area contributed by atoms with Crippen LogP contribution in [0.1, 0.15) is 40.0 Å². The van der Waals surface area contributed by atoms with Gasteiger partial charge in [-0.05, 0) is 19.3 Å². The predicted molar refractivity (Wildman–Crippen MR) is 61.8 cm³/mol. The lowest BCUT2D eigenvalue weighted by molar-refractivity contribution is 0.115. The molecule has 0 aliphatic carbocycles. The largest absolute Gasteiger partial charge is 0.396 e. The first-order chi connectivity index (χ1) is 7.14. The fraction of sp³-hybridized carbons (Fsp3) is 0.909. The summed E-state index contributed by atoms with van der Waals surface area (Å²) in [4.78, 5) is 11.3. The van der Waals surface area contributed by atoms with Gasteiger partial charge in [-0.3, -0.25) is 0 Å². The average Bonchev–Trinajstić information content (AvgIpc) is 2.29. The van der Waals surface area contributed by atoms with Crippen molar-refractivity contribution in [1.82, 2.24) is 10.6 Å². The van der Waals surface area contributed by atoms with Crippen LogP contribution in [0.4, 0.5) is 4.79 Å². The number of rotatable bonds is 7. The van der Waals surface area contributed by atoms with Crippen LogP contribution < -0.4 is 10.6 Å². The molecule has 2 amide bonds. The molecule has 0 heterocycles. The van der Waals surface area contributed by atoms with Gasteiger partial charge in [-0.1, -0.05) is 20.8 Å². The van der Waals surface area contributed by atoms with E-state index in [2.05, 4.69) is 10.6 Å². The molecule has 0 aromatic carbocycles. The molecule has 0 rings (SSSR count). The summed E-state index contributed by atoms with van der Waals surface area (Å²) in [7, 11) is 0. The first kappa shape index (κ1) is 14.2. The van der Waals surface area contributed by atoms with Crippen LogP contribution in [-0.4, -0.2) is 30.8 Å². The van der Waals surface area contributed by atoms with Crippen LogP contribution in [0.3, 0.4) is 0 Å². The van der Waals surface area contributed by atoms with Crippen LogP contribution >= 0.6 is 0 Å². The zero-order chi connectivity index (χ0) is 11.7. The number of nitrogens with one attached hydrogen (secondary N) is 2. The summed E-state index contributed by atoms with van der Waals surface area (Å²) in [5.41, 5.74) is -0.163. The first-order valence-electron chi connectivity index (χ1n) is 5.76. The third-order valence-corrected chi connectivity index (χ3v) is 2.99. The van der Waals surface area contributed by atoms with Gasteiger partial charge in [0.15, 0.2) is 0 Å². The SMILES string of the molecule is CCCNC(=O)NCC(CC)(CC)CO. The lowest BCUT2D eigenvalue weighted by Gasteiger charge is -2.29. The quantitative estimate of drug-likeness (QED) is 0.604. The molecule has 4 heteroatoms. The molecule has 0 spiro atoms. The number of aliphatic hydroxyl groups excluding tert-OH is 1. The van der Waals surface area contributed by atoms with Crippen LogP contribution in [-0.2, 0) is 0 Å². The Labute approximate surface area is 92.4 Å². The number of carbonyl (C=O) groups is 1. The minimum absolute atomic E-state index is 0.119. The average molecular weight is 216 g/mol. The van der Waals surface area contributed by atoms with Gasteiger partial charge in [0.1, 0.15) is 0 Å². The fourth-order valence-corrected chi connectivity index (χ4v) is 1.35. The number of aliphatic hydroxyl groups is 1. The molecule has 90 valence electrons. The summed E-state index contributed by atoms with van der Waals surface area (Å²) in [5.74, 6) is 0. The summed E-state index contributed by atoms with van der Waals surface area (Å²) in [6.07, 6.45) is 2.67. The van der Waals surface area contributed by atoms with Crippen molar-refractivity contribution in [3.8, 4) is 0 Å². The Balaban J connectivity index is 3.93. The Hall–Kier alpha value is -0.770. The van der Waals surface area contributed by atoms with Gasteiger partial charge in [-0.2, -0.15) is 0 Å². The van der Waals surface area contributed by atoms with E-state index in [4.69, 9.17) is 0 Å². The van der Waals surface area contributed by atoms with Crippen LogP contribution in [0.2, 0.25) is 0 Å². The zero-order valence-corrected chi connectivity index (χ0v) is 10.1. The second-order valence-electron chi connectivity index (χ2n) is 3.97. The summed E-state index contributed by atoms with van der Waals surface area (Å²) in [6.45, 7) is 7.42. The van der Waals surface area contributed by atoms with Gasteiger partial charge >= 0.3 is 6.03 Å². The molecular formula is C11H24N2O2. The van der Waals surface area contributed by atoms with Crippen LogP contribution in [0, 0.1) is 5.41 Å². The van der Waals surface area contributed by atoms with Crippen molar-refractivity contribution in [3.63, 3.8) is 0 Å². The van der Waals surface area contributed by atoms with Gasteiger partial charge in [-0.25, -0.2) is 4.79 Å². The molecule has 0 bridgehead atoms. The Morgan fingerprint density at radius 1 is 1.20 bits per heavy atom. The number of hydrogen-bond donors (Lipinski definition) is 3. The smallest absolute Gasteiger partial charge is 0.314 e.